The summed E-state index contributed by atoms with van der Waals surface area (Å²) in [5, 5.41) is 0. The molecule has 0 aromatic rings. The zero-order chi connectivity index (χ0) is 4.41. The van der Waals surface area contributed by atoms with Gasteiger partial charge < -0.3 is 0 Å². The summed E-state index contributed by atoms with van der Waals surface area (Å²) in [6, 6.07) is 0. The third kappa shape index (κ3) is 1.43. The quantitative estimate of drug-likeness (QED) is 0.520. The summed E-state index contributed by atoms with van der Waals surface area (Å²) in [4.78, 5) is 0. The Balaban J connectivity index is 1.88. The SMILES string of the molecule is INCC1CC1. The lowest BCUT2D eigenvalue weighted by Gasteiger charge is -1.85. The van der Waals surface area contributed by atoms with E-state index in [-0.39, 0.29) is 0 Å². The van der Waals surface area contributed by atoms with E-state index in [2.05, 4.69) is 26.4 Å². The Labute approximate surface area is 52.0 Å². The molecule has 0 spiro atoms. The molecule has 0 aromatic heterocycles. The maximum atomic E-state index is 3.10. The largest absolute Gasteiger partial charge is 0.261 e. The summed E-state index contributed by atoms with van der Waals surface area (Å²) in [7, 11) is 0. The minimum atomic E-state index is 1.03. The van der Waals surface area contributed by atoms with Gasteiger partial charge in [-0.25, -0.2) is 0 Å². The minimum absolute atomic E-state index is 1.03. The van der Waals surface area contributed by atoms with Gasteiger partial charge in [-0.05, 0) is 18.8 Å². The molecule has 1 N–H and O–H groups in total. The van der Waals surface area contributed by atoms with Gasteiger partial charge in [0, 0.05) is 29.4 Å². The summed E-state index contributed by atoms with van der Waals surface area (Å²) in [5.74, 6) is 1.03. The molecule has 0 atom stereocenters. The van der Waals surface area contributed by atoms with Crippen LogP contribution < -0.4 is 3.53 Å². The molecule has 0 unspecified atom stereocenters. The molecule has 36 valence electrons. The van der Waals surface area contributed by atoms with Crippen molar-refractivity contribution in [2.45, 2.75) is 12.8 Å². The van der Waals surface area contributed by atoms with Gasteiger partial charge in [0.25, 0.3) is 0 Å². The van der Waals surface area contributed by atoms with Crippen LogP contribution in [0.25, 0.3) is 0 Å². The Kier molecular flexibility index (Phi) is 1.71. The lowest BCUT2D eigenvalue weighted by molar-refractivity contribution is 0.820. The molecule has 0 aliphatic heterocycles. The topological polar surface area (TPSA) is 12.0 Å². The van der Waals surface area contributed by atoms with Crippen molar-refractivity contribution >= 4 is 22.9 Å². The second-order valence-electron chi connectivity index (χ2n) is 1.78. The number of halogens is 1. The van der Waals surface area contributed by atoms with Gasteiger partial charge in [0.15, 0.2) is 0 Å². The molecule has 0 radical (unpaired) electrons. The number of hydrogen-bond donors (Lipinski definition) is 1. The van der Waals surface area contributed by atoms with Gasteiger partial charge in [-0.2, -0.15) is 0 Å². The van der Waals surface area contributed by atoms with Gasteiger partial charge in [-0.3, -0.25) is 3.53 Å². The second-order valence-corrected chi connectivity index (χ2v) is 2.54. The van der Waals surface area contributed by atoms with Crippen molar-refractivity contribution in [3.05, 3.63) is 0 Å². The summed E-state index contributed by atoms with van der Waals surface area (Å²) < 4.78 is 3.10. The molecular weight excluding hydrogens is 189 g/mol. The molecule has 0 bridgehead atoms. The smallest absolute Gasteiger partial charge is 0.0169 e. The lowest BCUT2D eigenvalue weighted by Crippen LogP contribution is -2.00. The van der Waals surface area contributed by atoms with Crippen molar-refractivity contribution in [2.24, 2.45) is 5.92 Å². The minimum Gasteiger partial charge on any atom is -0.261 e. The Morgan fingerprint density at radius 2 is 2.33 bits per heavy atom. The average Bonchev–Trinajstić information content (AvgIpc) is 2.21. The van der Waals surface area contributed by atoms with Gasteiger partial charge >= 0.3 is 0 Å². The van der Waals surface area contributed by atoms with Gasteiger partial charge in [0.1, 0.15) is 0 Å². The van der Waals surface area contributed by atoms with E-state index in [9.17, 15) is 0 Å². The van der Waals surface area contributed by atoms with Gasteiger partial charge in [-0.1, -0.05) is 0 Å². The number of rotatable bonds is 2. The van der Waals surface area contributed by atoms with Crippen LogP contribution in [0, 0.1) is 5.92 Å². The molecule has 1 nitrogen and oxygen atoms in total. The molecule has 0 amide bonds. The van der Waals surface area contributed by atoms with E-state index in [4.69, 9.17) is 0 Å². The van der Waals surface area contributed by atoms with Gasteiger partial charge in [0.05, 0.1) is 0 Å². The Morgan fingerprint density at radius 3 is 2.50 bits per heavy atom. The predicted octanol–water partition coefficient (Wildman–Crippen LogP) is 1.34. The Hall–Kier alpha value is 0.690. The summed E-state index contributed by atoms with van der Waals surface area (Å²) >= 11 is 2.19. The van der Waals surface area contributed by atoms with Crippen LogP contribution in [0.1, 0.15) is 12.8 Å². The monoisotopic (exact) mass is 197 g/mol. The molecule has 0 aromatic carbocycles. The summed E-state index contributed by atoms with van der Waals surface area (Å²) in [6.07, 6.45) is 2.91. The highest BCUT2D eigenvalue weighted by molar-refractivity contribution is 14.1. The Morgan fingerprint density at radius 1 is 1.67 bits per heavy atom. The predicted molar refractivity (Wildman–Crippen MR) is 34.7 cm³/mol. The van der Waals surface area contributed by atoms with Crippen LogP contribution in [0.3, 0.4) is 0 Å². The summed E-state index contributed by atoms with van der Waals surface area (Å²) in [6.45, 7) is 1.22. The van der Waals surface area contributed by atoms with Crippen molar-refractivity contribution < 1.29 is 0 Å². The van der Waals surface area contributed by atoms with E-state index in [0.717, 1.165) is 5.92 Å². The van der Waals surface area contributed by atoms with Crippen molar-refractivity contribution in [3.8, 4) is 0 Å². The first-order chi connectivity index (χ1) is 2.93. The zero-order valence-corrected chi connectivity index (χ0v) is 5.73. The standard InChI is InChI=1S/C4H8IN/c5-6-3-4-1-2-4/h4,6H,1-3H2. The van der Waals surface area contributed by atoms with Crippen LogP contribution in [0.4, 0.5) is 0 Å². The molecular formula is C4H8IN. The van der Waals surface area contributed by atoms with E-state index in [1.165, 1.54) is 19.4 Å². The van der Waals surface area contributed by atoms with Crippen LogP contribution in [-0.4, -0.2) is 6.54 Å². The highest BCUT2D eigenvalue weighted by atomic mass is 127. The van der Waals surface area contributed by atoms with Crippen LogP contribution in [0.2, 0.25) is 0 Å². The maximum Gasteiger partial charge on any atom is 0.0169 e. The van der Waals surface area contributed by atoms with E-state index < -0.39 is 0 Å². The van der Waals surface area contributed by atoms with Crippen LogP contribution in [0.15, 0.2) is 0 Å². The Bertz CT molecular complexity index is 42.8. The van der Waals surface area contributed by atoms with E-state index in [1.54, 1.807) is 0 Å². The third-order valence-electron chi connectivity index (χ3n) is 1.06. The molecule has 1 rings (SSSR count). The molecule has 0 heterocycles. The van der Waals surface area contributed by atoms with E-state index in [1.807, 2.05) is 0 Å². The molecule has 1 aliphatic rings. The van der Waals surface area contributed by atoms with Crippen molar-refractivity contribution in [1.29, 1.82) is 0 Å². The van der Waals surface area contributed by atoms with E-state index >= 15 is 0 Å². The van der Waals surface area contributed by atoms with Crippen molar-refractivity contribution in [1.82, 2.24) is 3.53 Å². The van der Waals surface area contributed by atoms with E-state index in [0.29, 0.717) is 0 Å². The normalized spacial score (nSPS) is 21.5. The van der Waals surface area contributed by atoms with Crippen LogP contribution in [0.5, 0.6) is 0 Å². The first-order valence-electron chi connectivity index (χ1n) is 2.27. The summed E-state index contributed by atoms with van der Waals surface area (Å²) in [5.41, 5.74) is 0. The number of hydrogen-bond acceptors (Lipinski definition) is 1. The third-order valence-corrected chi connectivity index (χ3v) is 1.50. The molecule has 6 heavy (non-hydrogen) atoms. The lowest BCUT2D eigenvalue weighted by atomic mass is 10.4. The molecule has 0 saturated heterocycles. The molecule has 2 heteroatoms. The van der Waals surface area contributed by atoms with Crippen molar-refractivity contribution in [2.75, 3.05) is 6.54 Å². The zero-order valence-electron chi connectivity index (χ0n) is 3.58. The fourth-order valence-corrected chi connectivity index (χ4v) is 1.05. The first kappa shape index (κ1) is 4.84. The maximum absolute atomic E-state index is 3.10. The fraction of sp³-hybridized carbons (Fsp3) is 1.00. The first-order valence-corrected chi connectivity index (χ1v) is 3.35. The molecule has 1 saturated carbocycles. The van der Waals surface area contributed by atoms with Gasteiger partial charge in [0.2, 0.25) is 0 Å². The highest BCUT2D eigenvalue weighted by Crippen LogP contribution is 2.27. The molecule has 1 fully saturated rings. The molecule has 1 aliphatic carbocycles. The number of nitrogens with one attached hydrogen (secondary N) is 1. The van der Waals surface area contributed by atoms with Crippen LogP contribution in [-0.2, 0) is 0 Å². The fourth-order valence-electron chi connectivity index (χ4n) is 0.431. The second kappa shape index (κ2) is 2.12. The van der Waals surface area contributed by atoms with Crippen molar-refractivity contribution in [3.63, 3.8) is 0 Å². The highest BCUT2D eigenvalue weighted by Gasteiger charge is 2.19. The van der Waals surface area contributed by atoms with Gasteiger partial charge in [-0.15, -0.1) is 0 Å². The average molecular weight is 197 g/mol. The van der Waals surface area contributed by atoms with Crippen LogP contribution >= 0.6 is 22.9 Å².